The van der Waals surface area contributed by atoms with Gasteiger partial charge in [0.05, 0.1) is 37.7 Å². The van der Waals surface area contributed by atoms with Crippen molar-refractivity contribution in [3.05, 3.63) is 0 Å². The molecule has 0 radical (unpaired) electrons. The highest BCUT2D eigenvalue weighted by atomic mass is 16.4. The van der Waals surface area contributed by atoms with Gasteiger partial charge < -0.3 is 29.9 Å². The summed E-state index contributed by atoms with van der Waals surface area (Å²) in [4.78, 5) is 37.3. The van der Waals surface area contributed by atoms with Crippen LogP contribution in [0.5, 0.6) is 0 Å². The molecule has 0 aromatic carbocycles. The van der Waals surface area contributed by atoms with Crippen LogP contribution in [0.2, 0.25) is 0 Å². The number of carbonyl (C=O) groups is 3. The fraction of sp³-hybridized carbons (Fsp3) is 0.833. The van der Waals surface area contributed by atoms with Crippen LogP contribution in [-0.2, 0) is 14.4 Å². The summed E-state index contributed by atoms with van der Waals surface area (Å²) in [7, 11) is 0. The van der Waals surface area contributed by atoms with Crippen LogP contribution >= 0.6 is 0 Å². The lowest BCUT2D eigenvalue weighted by atomic mass is 10.00. The summed E-state index contributed by atoms with van der Waals surface area (Å²) < 4.78 is 0.275. The Bertz CT molecular complexity index is 551. The molecule has 1 fully saturated rings. The van der Waals surface area contributed by atoms with E-state index in [0.717, 1.165) is 0 Å². The molecule has 1 saturated heterocycles. The Kier molecular flexibility index (Phi) is 9.28. The second-order valence-electron chi connectivity index (χ2n) is 8.38. The monoisotopic (exact) mass is 402 g/mol. The van der Waals surface area contributed by atoms with Gasteiger partial charge in [0.1, 0.15) is 6.54 Å². The van der Waals surface area contributed by atoms with Crippen LogP contribution in [0.3, 0.4) is 0 Å². The molecule has 0 saturated carbocycles. The van der Waals surface area contributed by atoms with Crippen LogP contribution in [-0.4, -0.2) is 120 Å². The van der Waals surface area contributed by atoms with Gasteiger partial charge in [0.25, 0.3) is 0 Å². The zero-order valence-corrected chi connectivity index (χ0v) is 17.1. The van der Waals surface area contributed by atoms with Crippen molar-refractivity contribution in [2.45, 2.75) is 26.3 Å². The molecule has 1 aliphatic rings. The van der Waals surface area contributed by atoms with Gasteiger partial charge >= 0.3 is 11.9 Å². The first-order valence-corrected chi connectivity index (χ1v) is 9.60. The van der Waals surface area contributed by atoms with Gasteiger partial charge in [0.15, 0.2) is 0 Å². The topological polar surface area (TPSA) is 133 Å². The average Bonchev–Trinajstić information content (AvgIpc) is 2.52. The van der Waals surface area contributed by atoms with Crippen molar-refractivity contribution in [3.63, 3.8) is 0 Å². The number of hydrogen-bond donors (Lipinski definition) is 3. The third kappa shape index (κ3) is 8.09. The minimum absolute atomic E-state index is 0.102. The minimum Gasteiger partial charge on any atom is -0.544 e. The molecule has 1 aliphatic heterocycles. The standard InChI is InChI=1S/C18H34N4O6/c1-18(2,3)22(14-17(27)28)10-5-19-4-6-20(12-15(23)24)7-8-21(9-11-22)13-16(25)26/h19H,4-14H2,1-3H3,(H2-,23,24,25,26,27,28). The van der Waals surface area contributed by atoms with E-state index >= 15 is 0 Å². The van der Waals surface area contributed by atoms with E-state index in [1.807, 2.05) is 20.8 Å². The highest BCUT2D eigenvalue weighted by Gasteiger charge is 2.40. The van der Waals surface area contributed by atoms with Crippen LogP contribution in [0.15, 0.2) is 0 Å². The highest BCUT2D eigenvalue weighted by molar-refractivity contribution is 5.69. The van der Waals surface area contributed by atoms with Gasteiger partial charge in [-0.05, 0) is 20.8 Å². The largest absolute Gasteiger partial charge is 0.544 e. The van der Waals surface area contributed by atoms with Crippen LogP contribution in [0, 0.1) is 0 Å². The Hall–Kier alpha value is -1.75. The molecule has 0 amide bonds. The smallest absolute Gasteiger partial charge is 0.317 e. The highest BCUT2D eigenvalue weighted by Crippen LogP contribution is 2.24. The fourth-order valence-corrected chi connectivity index (χ4v) is 3.62. The fourth-order valence-electron chi connectivity index (χ4n) is 3.62. The molecule has 0 aliphatic carbocycles. The molecular weight excluding hydrogens is 368 g/mol. The number of nitrogens with one attached hydrogen (secondary N) is 1. The Morgan fingerprint density at radius 3 is 1.93 bits per heavy atom. The first-order chi connectivity index (χ1) is 12.9. The van der Waals surface area contributed by atoms with E-state index in [-0.39, 0.29) is 29.7 Å². The number of carbonyl (C=O) groups excluding carboxylic acids is 1. The number of carboxylic acids is 3. The van der Waals surface area contributed by atoms with Crippen LogP contribution in [0.4, 0.5) is 0 Å². The van der Waals surface area contributed by atoms with Crippen LogP contribution in [0.1, 0.15) is 20.8 Å². The number of hydrogen-bond acceptors (Lipinski definition) is 7. The molecule has 0 aromatic rings. The first kappa shape index (κ1) is 24.3. The van der Waals surface area contributed by atoms with Gasteiger partial charge in [0, 0.05) is 39.3 Å². The molecule has 10 nitrogen and oxygen atoms in total. The zero-order valence-electron chi connectivity index (χ0n) is 17.1. The minimum atomic E-state index is -1.13. The van der Waals surface area contributed by atoms with Crippen molar-refractivity contribution in [3.8, 4) is 0 Å². The predicted octanol–water partition coefficient (Wildman–Crippen LogP) is -2.27. The lowest BCUT2D eigenvalue weighted by Crippen LogP contribution is -2.67. The molecular formula is C18H34N4O6. The van der Waals surface area contributed by atoms with Gasteiger partial charge in [-0.1, -0.05) is 0 Å². The van der Waals surface area contributed by atoms with Gasteiger partial charge in [0.2, 0.25) is 0 Å². The number of aliphatic carboxylic acids is 3. The molecule has 1 heterocycles. The second-order valence-corrected chi connectivity index (χ2v) is 8.38. The summed E-state index contributed by atoms with van der Waals surface area (Å²) >= 11 is 0. The van der Waals surface area contributed by atoms with Gasteiger partial charge in [-0.2, -0.15) is 0 Å². The van der Waals surface area contributed by atoms with E-state index in [0.29, 0.717) is 52.4 Å². The summed E-state index contributed by atoms with van der Waals surface area (Å²) in [5.74, 6) is -3.01. The molecule has 28 heavy (non-hydrogen) atoms. The van der Waals surface area contributed by atoms with Crippen molar-refractivity contribution in [2.24, 2.45) is 0 Å². The maximum absolute atomic E-state index is 11.5. The molecule has 0 aromatic heterocycles. The van der Waals surface area contributed by atoms with E-state index < -0.39 is 17.9 Å². The van der Waals surface area contributed by atoms with Gasteiger partial charge in [-0.3, -0.25) is 19.4 Å². The van der Waals surface area contributed by atoms with Gasteiger partial charge in [-0.25, -0.2) is 0 Å². The number of carboxylic acid groups (broad SMARTS) is 3. The predicted molar refractivity (Wildman–Crippen MR) is 101 cm³/mol. The summed E-state index contributed by atoms with van der Waals surface area (Å²) in [5, 5.41) is 33.1. The molecule has 10 heteroatoms. The Balaban J connectivity index is 3.04. The van der Waals surface area contributed by atoms with E-state index in [1.165, 1.54) is 0 Å². The number of nitrogens with zero attached hydrogens (tertiary/aromatic N) is 3. The van der Waals surface area contributed by atoms with Crippen LogP contribution < -0.4 is 10.4 Å². The lowest BCUT2D eigenvalue weighted by molar-refractivity contribution is -0.964. The third-order valence-corrected chi connectivity index (χ3v) is 5.47. The zero-order chi connectivity index (χ0) is 21.4. The van der Waals surface area contributed by atoms with Crippen molar-refractivity contribution < 1.29 is 34.2 Å². The lowest BCUT2D eigenvalue weighted by Gasteiger charge is -2.50. The van der Waals surface area contributed by atoms with Crippen LogP contribution in [0.25, 0.3) is 0 Å². The molecule has 1 rings (SSSR count). The normalized spacial score (nSPS) is 24.1. The van der Waals surface area contributed by atoms with E-state index in [2.05, 4.69) is 5.32 Å². The van der Waals surface area contributed by atoms with E-state index in [1.54, 1.807) is 9.80 Å². The van der Waals surface area contributed by atoms with Crippen molar-refractivity contribution in [1.82, 2.24) is 15.1 Å². The van der Waals surface area contributed by atoms with E-state index in [4.69, 9.17) is 5.11 Å². The maximum Gasteiger partial charge on any atom is 0.317 e. The summed E-state index contributed by atoms with van der Waals surface area (Å²) in [5.41, 5.74) is -0.365. The molecule has 1 atom stereocenters. The molecule has 0 bridgehead atoms. The molecule has 3 N–H and O–H groups in total. The summed E-state index contributed by atoms with van der Waals surface area (Å²) in [6.07, 6.45) is 0. The molecule has 162 valence electrons. The Labute approximate surface area is 166 Å². The maximum atomic E-state index is 11.5. The SMILES string of the molecule is CC(C)(C)[N+]1(CC(=O)[O-])CCNCCN(CC(=O)O)CCN(CC(=O)O)CC1. The van der Waals surface area contributed by atoms with Gasteiger partial charge in [-0.15, -0.1) is 0 Å². The summed E-state index contributed by atoms with van der Waals surface area (Å²) in [6, 6.07) is 0. The quantitative estimate of drug-likeness (QED) is 0.421. The molecule has 0 spiro atoms. The third-order valence-electron chi connectivity index (χ3n) is 5.47. The average molecular weight is 402 g/mol. The Morgan fingerprint density at radius 1 is 0.929 bits per heavy atom. The van der Waals surface area contributed by atoms with E-state index in [9.17, 15) is 24.6 Å². The van der Waals surface area contributed by atoms with Crippen molar-refractivity contribution in [2.75, 3.05) is 72.0 Å². The van der Waals surface area contributed by atoms with Crippen molar-refractivity contribution in [1.29, 1.82) is 0 Å². The summed E-state index contributed by atoms with van der Waals surface area (Å²) in [6.45, 7) is 9.44. The molecule has 1 unspecified atom stereocenters. The number of quaternary nitrogens is 1. The number of rotatable bonds is 6. The first-order valence-electron chi connectivity index (χ1n) is 9.60. The van der Waals surface area contributed by atoms with Crippen molar-refractivity contribution >= 4 is 17.9 Å². The second kappa shape index (κ2) is 10.7. The Morgan fingerprint density at radius 2 is 1.46 bits per heavy atom.